The molecule has 8 unspecified atom stereocenters. The molecule has 0 N–H and O–H groups in total. The molecule has 0 heterocycles. The molecule has 0 radical (unpaired) electrons. The zero-order valence-corrected chi connectivity index (χ0v) is 22.9. The maximum Gasteiger partial charge on any atom is 0.333 e. The lowest BCUT2D eigenvalue weighted by molar-refractivity contribution is -0.157. The number of allylic oxidation sites excluding steroid dienone is 1. The van der Waals surface area contributed by atoms with Gasteiger partial charge in [-0.1, -0.05) is 40.7 Å². The van der Waals surface area contributed by atoms with Gasteiger partial charge < -0.3 is 4.74 Å². The number of hydrogen-bond acceptors (Lipinski definition) is 3. The van der Waals surface area contributed by atoms with Gasteiger partial charge >= 0.3 is 5.97 Å². The van der Waals surface area contributed by atoms with E-state index in [-0.39, 0.29) is 11.4 Å². The second-order valence-electron chi connectivity index (χ2n) is 14.2. The molecule has 3 heteroatoms. The molecule has 0 aromatic heterocycles. The van der Waals surface area contributed by atoms with Crippen molar-refractivity contribution in [3.8, 4) is 0 Å². The van der Waals surface area contributed by atoms with Crippen LogP contribution in [-0.4, -0.2) is 18.9 Å². The van der Waals surface area contributed by atoms with Gasteiger partial charge in [0.15, 0.2) is 0 Å². The van der Waals surface area contributed by atoms with Crippen LogP contribution in [0.4, 0.5) is 0 Å². The highest BCUT2D eigenvalue weighted by Gasteiger charge is 2.82. The van der Waals surface area contributed by atoms with Crippen LogP contribution in [0, 0.1) is 50.7 Å². The van der Waals surface area contributed by atoms with Crippen molar-refractivity contribution in [2.45, 2.75) is 112 Å². The Labute approximate surface area is 207 Å². The Morgan fingerprint density at radius 1 is 1.00 bits per heavy atom. The smallest absolute Gasteiger partial charge is 0.333 e. The molecule has 0 saturated heterocycles. The minimum Gasteiger partial charge on any atom is -0.466 e. The van der Waals surface area contributed by atoms with E-state index in [1.54, 1.807) is 0 Å². The van der Waals surface area contributed by atoms with Crippen LogP contribution >= 0.6 is 0 Å². The van der Waals surface area contributed by atoms with E-state index in [0.717, 1.165) is 36.7 Å². The van der Waals surface area contributed by atoms with Gasteiger partial charge in [0, 0.05) is 17.4 Å². The average molecular weight is 469 g/mol. The lowest BCUT2D eigenvalue weighted by Crippen LogP contribution is -2.57. The number of hydrogen-bond donors (Lipinski definition) is 0. The molecule has 5 aliphatic rings. The molecule has 5 aliphatic carbocycles. The summed E-state index contributed by atoms with van der Waals surface area (Å²) in [4.78, 5) is 24.6. The molecule has 8 atom stereocenters. The lowest BCUT2D eigenvalue weighted by atomic mass is 9.42. The Bertz CT molecular complexity index is 916. The van der Waals surface area contributed by atoms with E-state index in [2.05, 4.69) is 40.7 Å². The van der Waals surface area contributed by atoms with Crippen molar-refractivity contribution in [3.63, 3.8) is 0 Å². The fraction of sp³-hybridized carbons (Fsp3) is 0.871. The summed E-state index contributed by atoms with van der Waals surface area (Å²) in [5, 5.41) is 0. The molecule has 0 bridgehead atoms. The Hall–Kier alpha value is -1.12. The molecular weight excluding hydrogens is 420 g/mol. The normalized spacial score (nSPS) is 47.7. The van der Waals surface area contributed by atoms with Gasteiger partial charge in [0.1, 0.15) is 5.78 Å². The van der Waals surface area contributed by atoms with Crippen LogP contribution in [0.5, 0.6) is 0 Å². The zero-order valence-electron chi connectivity index (χ0n) is 22.9. The molecule has 2 spiro atoms. The lowest BCUT2D eigenvalue weighted by Gasteiger charge is -2.62. The highest BCUT2D eigenvalue weighted by atomic mass is 16.5. The average Bonchev–Trinajstić information content (AvgIpc) is 3.38. The fourth-order valence-electron chi connectivity index (χ4n) is 11.1. The first-order valence-electron chi connectivity index (χ1n) is 14.2. The Kier molecular flexibility index (Phi) is 5.56. The number of Topliss-reactive ketones (excluding diaryl/α,β-unsaturated/α-hetero) is 1. The van der Waals surface area contributed by atoms with Gasteiger partial charge in [-0.05, 0) is 116 Å². The van der Waals surface area contributed by atoms with Crippen LogP contribution in [0.1, 0.15) is 112 Å². The van der Waals surface area contributed by atoms with Crippen molar-refractivity contribution in [2.24, 2.45) is 50.7 Å². The topological polar surface area (TPSA) is 43.4 Å². The Morgan fingerprint density at radius 3 is 2.38 bits per heavy atom. The number of carbonyl (C=O) groups excluding carboxylic acids is 2. The first kappa shape index (κ1) is 24.6. The first-order chi connectivity index (χ1) is 15.9. The number of fused-ring (bicyclic) bond motifs is 2. The third kappa shape index (κ3) is 2.94. The second kappa shape index (κ2) is 7.69. The summed E-state index contributed by atoms with van der Waals surface area (Å²) < 4.78 is 4.86. The number of esters is 1. The van der Waals surface area contributed by atoms with Crippen molar-refractivity contribution in [1.82, 2.24) is 0 Å². The van der Waals surface area contributed by atoms with Crippen LogP contribution in [0.3, 0.4) is 0 Å². The van der Waals surface area contributed by atoms with E-state index in [0.29, 0.717) is 39.3 Å². The van der Waals surface area contributed by atoms with Crippen molar-refractivity contribution in [2.75, 3.05) is 7.11 Å². The Morgan fingerprint density at radius 2 is 1.68 bits per heavy atom. The summed E-state index contributed by atoms with van der Waals surface area (Å²) in [6.45, 7) is 14.2. The maximum atomic E-state index is 12.9. The van der Waals surface area contributed by atoms with Crippen LogP contribution in [-0.2, 0) is 14.3 Å². The summed E-state index contributed by atoms with van der Waals surface area (Å²) in [5.41, 5.74) is 2.47. The number of carbonyl (C=O) groups is 2. The first-order valence-corrected chi connectivity index (χ1v) is 14.2. The predicted octanol–water partition coefficient (Wildman–Crippen LogP) is 7.53. The van der Waals surface area contributed by atoms with Crippen molar-refractivity contribution < 1.29 is 14.3 Å². The number of ketones is 1. The van der Waals surface area contributed by atoms with E-state index in [4.69, 9.17) is 4.74 Å². The monoisotopic (exact) mass is 468 g/mol. The third-order valence-corrected chi connectivity index (χ3v) is 13.2. The van der Waals surface area contributed by atoms with E-state index in [9.17, 15) is 9.59 Å². The summed E-state index contributed by atoms with van der Waals surface area (Å²) in [6.07, 6.45) is 15.7. The molecule has 5 fully saturated rings. The van der Waals surface area contributed by atoms with Gasteiger partial charge in [-0.2, -0.15) is 0 Å². The molecular formula is C31H48O3. The highest BCUT2D eigenvalue weighted by molar-refractivity contribution is 5.87. The highest BCUT2D eigenvalue weighted by Crippen LogP contribution is 2.88. The van der Waals surface area contributed by atoms with Crippen molar-refractivity contribution in [1.29, 1.82) is 0 Å². The van der Waals surface area contributed by atoms with Crippen LogP contribution < -0.4 is 0 Å². The van der Waals surface area contributed by atoms with Gasteiger partial charge in [-0.3, -0.25) is 4.79 Å². The number of ether oxygens (including phenoxy) is 1. The van der Waals surface area contributed by atoms with Gasteiger partial charge in [0.25, 0.3) is 0 Å². The van der Waals surface area contributed by atoms with E-state index < -0.39 is 0 Å². The van der Waals surface area contributed by atoms with Gasteiger partial charge in [-0.25, -0.2) is 4.79 Å². The van der Waals surface area contributed by atoms with E-state index in [1.165, 1.54) is 58.5 Å². The summed E-state index contributed by atoms with van der Waals surface area (Å²) in [5.74, 6) is 3.25. The molecule has 0 aromatic rings. The van der Waals surface area contributed by atoms with E-state index in [1.807, 2.05) is 6.92 Å². The SMILES string of the molecule is COC(=O)C(C)=CCCC(C)C1CCC2(C)C3CCC4C(C)(C)C(=O)CCC45CC35CCC12C. The largest absolute Gasteiger partial charge is 0.466 e. The molecule has 190 valence electrons. The Balaban J connectivity index is 1.35. The maximum absolute atomic E-state index is 12.9. The van der Waals surface area contributed by atoms with Crippen LogP contribution in [0.15, 0.2) is 11.6 Å². The van der Waals surface area contributed by atoms with Crippen LogP contribution in [0.2, 0.25) is 0 Å². The summed E-state index contributed by atoms with van der Waals surface area (Å²) in [7, 11) is 1.46. The minimum atomic E-state index is -0.202. The minimum absolute atomic E-state index is 0.114. The molecule has 0 aliphatic heterocycles. The van der Waals surface area contributed by atoms with Crippen molar-refractivity contribution in [3.05, 3.63) is 11.6 Å². The molecule has 0 amide bonds. The molecule has 5 rings (SSSR count). The number of rotatable bonds is 5. The zero-order chi connectivity index (χ0) is 24.7. The van der Waals surface area contributed by atoms with E-state index >= 15 is 0 Å². The predicted molar refractivity (Wildman–Crippen MR) is 136 cm³/mol. The third-order valence-electron chi connectivity index (χ3n) is 13.2. The summed E-state index contributed by atoms with van der Waals surface area (Å²) in [6, 6.07) is 0. The standard InChI is InChI=1S/C31H48O3/c1-20(9-8-10-21(2)26(33)34-7)22-13-15-29(6)24-12-11-23-27(3,4)25(32)14-16-30(23)19-31(24,30)18-17-28(22,29)5/h10,20,22-24H,8-9,11-19H2,1-7H3. The van der Waals surface area contributed by atoms with Gasteiger partial charge in [0.05, 0.1) is 7.11 Å². The molecule has 34 heavy (non-hydrogen) atoms. The molecule has 5 saturated carbocycles. The quantitative estimate of drug-likeness (QED) is 0.309. The molecule has 3 nitrogen and oxygen atoms in total. The van der Waals surface area contributed by atoms with Crippen molar-refractivity contribution >= 4 is 11.8 Å². The second-order valence-corrected chi connectivity index (χ2v) is 14.2. The van der Waals surface area contributed by atoms with Gasteiger partial charge in [-0.15, -0.1) is 0 Å². The summed E-state index contributed by atoms with van der Waals surface area (Å²) >= 11 is 0. The number of methoxy groups -OCH3 is 1. The van der Waals surface area contributed by atoms with Gasteiger partial charge in [0.2, 0.25) is 0 Å². The van der Waals surface area contributed by atoms with Crippen LogP contribution in [0.25, 0.3) is 0 Å². The molecule has 0 aromatic carbocycles. The fourth-order valence-corrected chi connectivity index (χ4v) is 11.1.